The lowest BCUT2D eigenvalue weighted by molar-refractivity contribution is -0.384. The number of hydrogen-bond donors (Lipinski definition) is 0. The van der Waals surface area contributed by atoms with Gasteiger partial charge in [-0.15, -0.1) is 0 Å². The van der Waals surface area contributed by atoms with Gasteiger partial charge < -0.3 is 4.74 Å². The van der Waals surface area contributed by atoms with Crippen molar-refractivity contribution in [2.45, 2.75) is 20.3 Å². The lowest BCUT2D eigenvalue weighted by Crippen LogP contribution is -2.16. The van der Waals surface area contributed by atoms with E-state index in [1.54, 1.807) is 0 Å². The fraction of sp³-hybridized carbons (Fsp3) is 0.429. The van der Waals surface area contributed by atoms with Gasteiger partial charge in [0.25, 0.3) is 5.69 Å². The first-order chi connectivity index (χ1) is 9.40. The molecule has 106 valence electrons. The summed E-state index contributed by atoms with van der Waals surface area (Å²) in [6, 6.07) is 5.75. The molecule has 6 heteroatoms. The van der Waals surface area contributed by atoms with Crippen LogP contribution >= 0.6 is 0 Å². The molecule has 0 aromatic heterocycles. The number of carbonyl (C=O) groups is 1. The fourth-order valence-electron chi connectivity index (χ4n) is 1.87. The summed E-state index contributed by atoms with van der Waals surface area (Å²) in [5.41, 5.74) is 0.0427. The third-order valence-corrected chi connectivity index (χ3v) is 2.84. The predicted molar refractivity (Wildman–Crippen MR) is 72.5 cm³/mol. The molecule has 0 spiro atoms. The van der Waals surface area contributed by atoms with Gasteiger partial charge in [0.2, 0.25) is 0 Å². The molecule has 1 rings (SSSR count). The standard InChI is InChI=1S/C14H16N2O4/c1-9(2)6-10(8-15)14(17)12-5-4-11(16(18)19)7-13(12)20-3/h4-5,7,9-10H,6H2,1-3H3. The number of nitro benzene ring substituents is 1. The van der Waals surface area contributed by atoms with E-state index in [-0.39, 0.29) is 28.7 Å². The molecule has 0 aliphatic carbocycles. The van der Waals surface area contributed by atoms with Crippen molar-refractivity contribution >= 4 is 11.5 Å². The molecule has 0 aliphatic rings. The van der Waals surface area contributed by atoms with Gasteiger partial charge in [0, 0.05) is 6.07 Å². The number of rotatable bonds is 6. The quantitative estimate of drug-likeness (QED) is 0.452. The van der Waals surface area contributed by atoms with Crippen LogP contribution in [0.25, 0.3) is 0 Å². The number of non-ortho nitro benzene ring substituents is 1. The van der Waals surface area contributed by atoms with Crippen molar-refractivity contribution in [3.05, 3.63) is 33.9 Å². The first-order valence-electron chi connectivity index (χ1n) is 6.17. The molecule has 0 saturated carbocycles. The number of ketones is 1. The lowest BCUT2D eigenvalue weighted by Gasteiger charge is -2.13. The molecule has 0 saturated heterocycles. The van der Waals surface area contributed by atoms with Crippen molar-refractivity contribution in [3.8, 4) is 11.8 Å². The first-order valence-corrected chi connectivity index (χ1v) is 6.17. The zero-order chi connectivity index (χ0) is 15.3. The zero-order valence-electron chi connectivity index (χ0n) is 11.6. The van der Waals surface area contributed by atoms with Crippen LogP contribution in [0.15, 0.2) is 18.2 Å². The highest BCUT2D eigenvalue weighted by Crippen LogP contribution is 2.28. The van der Waals surface area contributed by atoms with Gasteiger partial charge in [-0.2, -0.15) is 5.26 Å². The number of hydrogen-bond acceptors (Lipinski definition) is 5. The Bertz CT molecular complexity index is 561. The maximum absolute atomic E-state index is 12.3. The second kappa shape index (κ2) is 6.66. The maximum atomic E-state index is 12.3. The van der Waals surface area contributed by atoms with Crippen molar-refractivity contribution in [2.24, 2.45) is 11.8 Å². The highest BCUT2D eigenvalue weighted by atomic mass is 16.6. The minimum Gasteiger partial charge on any atom is -0.496 e. The second-order valence-corrected chi connectivity index (χ2v) is 4.82. The number of ether oxygens (including phenoxy) is 1. The molecule has 1 aromatic rings. The number of methoxy groups -OCH3 is 1. The molecule has 6 nitrogen and oxygen atoms in total. The number of carbonyl (C=O) groups excluding carboxylic acids is 1. The van der Waals surface area contributed by atoms with Crippen LogP contribution in [-0.4, -0.2) is 17.8 Å². The lowest BCUT2D eigenvalue weighted by atomic mass is 9.90. The van der Waals surface area contributed by atoms with Crippen molar-refractivity contribution in [3.63, 3.8) is 0 Å². The monoisotopic (exact) mass is 276 g/mol. The number of nitro groups is 1. The van der Waals surface area contributed by atoms with Crippen LogP contribution in [0.4, 0.5) is 5.69 Å². The van der Waals surface area contributed by atoms with E-state index in [4.69, 9.17) is 10.00 Å². The molecule has 1 aromatic carbocycles. The average molecular weight is 276 g/mol. The Morgan fingerprint density at radius 3 is 2.60 bits per heavy atom. The van der Waals surface area contributed by atoms with Gasteiger partial charge >= 0.3 is 0 Å². The van der Waals surface area contributed by atoms with E-state index in [1.165, 1.54) is 25.3 Å². The number of benzene rings is 1. The van der Waals surface area contributed by atoms with E-state index in [2.05, 4.69) is 0 Å². The molecule has 0 N–H and O–H groups in total. The molecule has 0 aliphatic heterocycles. The largest absolute Gasteiger partial charge is 0.496 e. The van der Waals surface area contributed by atoms with E-state index in [1.807, 2.05) is 19.9 Å². The van der Waals surface area contributed by atoms with Gasteiger partial charge in [-0.25, -0.2) is 0 Å². The van der Waals surface area contributed by atoms with E-state index >= 15 is 0 Å². The Kier molecular flexibility index (Phi) is 5.21. The zero-order valence-corrected chi connectivity index (χ0v) is 11.6. The maximum Gasteiger partial charge on any atom is 0.273 e. The Labute approximate surface area is 117 Å². The van der Waals surface area contributed by atoms with Crippen LogP contribution in [0.1, 0.15) is 30.6 Å². The van der Waals surface area contributed by atoms with Gasteiger partial charge in [0.1, 0.15) is 11.7 Å². The summed E-state index contributed by atoms with van der Waals surface area (Å²) in [6.07, 6.45) is 0.440. The molecule has 0 radical (unpaired) electrons. The van der Waals surface area contributed by atoms with Gasteiger partial charge in [0.05, 0.1) is 29.7 Å². The molecular formula is C14H16N2O4. The summed E-state index contributed by atoms with van der Waals surface area (Å²) in [6.45, 7) is 3.84. The SMILES string of the molecule is COc1cc([N+](=O)[O-])ccc1C(=O)C(C#N)CC(C)C. The minimum atomic E-state index is -0.773. The van der Waals surface area contributed by atoms with E-state index in [0.717, 1.165) is 0 Å². The van der Waals surface area contributed by atoms with Crippen LogP contribution in [0, 0.1) is 33.3 Å². The van der Waals surface area contributed by atoms with Crippen molar-refractivity contribution in [2.75, 3.05) is 7.11 Å². The number of nitrogens with zero attached hydrogens (tertiary/aromatic N) is 2. The van der Waals surface area contributed by atoms with Crippen LogP contribution in [0.5, 0.6) is 5.75 Å². The van der Waals surface area contributed by atoms with Crippen molar-refractivity contribution in [1.82, 2.24) is 0 Å². The topological polar surface area (TPSA) is 93.2 Å². The van der Waals surface area contributed by atoms with E-state index in [0.29, 0.717) is 6.42 Å². The summed E-state index contributed by atoms with van der Waals surface area (Å²) in [5.74, 6) is -0.820. The van der Waals surface area contributed by atoms with Crippen molar-refractivity contribution in [1.29, 1.82) is 5.26 Å². The number of nitriles is 1. The molecule has 0 fully saturated rings. The Morgan fingerprint density at radius 2 is 2.15 bits per heavy atom. The molecule has 1 atom stereocenters. The Balaban J connectivity index is 3.15. The summed E-state index contributed by atoms with van der Waals surface area (Å²) in [4.78, 5) is 22.4. The third kappa shape index (κ3) is 3.54. The van der Waals surface area contributed by atoms with Gasteiger partial charge in [0.15, 0.2) is 5.78 Å². The highest BCUT2D eigenvalue weighted by Gasteiger charge is 2.25. The van der Waals surface area contributed by atoms with Gasteiger partial charge in [-0.05, 0) is 18.4 Å². The first kappa shape index (κ1) is 15.6. The van der Waals surface area contributed by atoms with Crippen LogP contribution in [-0.2, 0) is 0 Å². The smallest absolute Gasteiger partial charge is 0.273 e. The highest BCUT2D eigenvalue weighted by molar-refractivity contribution is 6.01. The van der Waals surface area contributed by atoms with Gasteiger partial charge in [-0.3, -0.25) is 14.9 Å². The summed E-state index contributed by atoms with van der Waals surface area (Å²) in [7, 11) is 1.33. The number of Topliss-reactive ketones (excluding diaryl/α,β-unsaturated/α-hetero) is 1. The summed E-state index contributed by atoms with van der Waals surface area (Å²) in [5, 5.41) is 19.8. The Morgan fingerprint density at radius 1 is 1.50 bits per heavy atom. The molecule has 0 bridgehead atoms. The normalized spacial score (nSPS) is 11.8. The van der Waals surface area contributed by atoms with E-state index < -0.39 is 10.8 Å². The third-order valence-electron chi connectivity index (χ3n) is 2.84. The fourth-order valence-corrected chi connectivity index (χ4v) is 1.87. The Hall–Kier alpha value is -2.42. The molecule has 0 amide bonds. The van der Waals surface area contributed by atoms with E-state index in [9.17, 15) is 14.9 Å². The average Bonchev–Trinajstić information content (AvgIpc) is 2.42. The molecular weight excluding hydrogens is 260 g/mol. The van der Waals surface area contributed by atoms with Crippen LogP contribution in [0.3, 0.4) is 0 Å². The van der Waals surface area contributed by atoms with Crippen molar-refractivity contribution < 1.29 is 14.5 Å². The van der Waals surface area contributed by atoms with Crippen LogP contribution in [0.2, 0.25) is 0 Å². The summed E-state index contributed by atoms with van der Waals surface area (Å²) >= 11 is 0. The minimum absolute atomic E-state index is 0.119. The van der Waals surface area contributed by atoms with Gasteiger partial charge in [-0.1, -0.05) is 13.8 Å². The summed E-state index contributed by atoms with van der Waals surface area (Å²) < 4.78 is 5.02. The predicted octanol–water partition coefficient (Wildman–Crippen LogP) is 2.97. The molecule has 20 heavy (non-hydrogen) atoms. The van der Waals surface area contributed by atoms with Crippen LogP contribution < -0.4 is 4.74 Å². The molecule has 0 heterocycles. The molecule has 1 unspecified atom stereocenters. The second-order valence-electron chi connectivity index (χ2n) is 4.82.